The molecule has 2 nitrogen and oxygen atoms in total. The topological polar surface area (TPSA) is 47.6 Å². The van der Waals surface area contributed by atoms with Gasteiger partial charge >= 0.3 is 0 Å². The molecule has 0 unspecified atom stereocenters. The molecule has 0 bridgehead atoms. The van der Waals surface area contributed by atoms with Crippen molar-refractivity contribution >= 4 is 43.1 Å². The molecular formula is C52H34N2. The number of hydrogen-bond acceptors (Lipinski definition) is 2. The number of nitriles is 2. The van der Waals surface area contributed by atoms with E-state index in [1.165, 1.54) is 98.7 Å². The number of nitrogens with zero attached hydrogens (tertiary/aromatic N) is 2. The Labute approximate surface area is 314 Å². The van der Waals surface area contributed by atoms with Gasteiger partial charge in [0.1, 0.15) is 0 Å². The van der Waals surface area contributed by atoms with Crippen LogP contribution in [-0.4, -0.2) is 0 Å². The Morgan fingerprint density at radius 1 is 0.333 bits per heavy atom. The lowest BCUT2D eigenvalue weighted by Gasteiger charge is -2.20. The summed E-state index contributed by atoms with van der Waals surface area (Å²) in [6.07, 6.45) is 0. The van der Waals surface area contributed by atoms with Gasteiger partial charge in [-0.05, 0) is 197 Å². The van der Waals surface area contributed by atoms with Crippen LogP contribution in [0.4, 0.5) is 0 Å². The number of hydrogen-bond donors (Lipinski definition) is 0. The van der Waals surface area contributed by atoms with Gasteiger partial charge in [-0.25, -0.2) is 0 Å². The van der Waals surface area contributed by atoms with Crippen LogP contribution in [0.25, 0.3) is 98.7 Å². The van der Waals surface area contributed by atoms with E-state index in [2.05, 4.69) is 149 Å². The van der Waals surface area contributed by atoms with Crippen molar-refractivity contribution in [1.82, 2.24) is 0 Å². The quantitative estimate of drug-likeness (QED) is 0.174. The lowest BCUT2D eigenvalue weighted by molar-refractivity contribution is 1.35. The first-order valence-electron chi connectivity index (χ1n) is 18.5. The fourth-order valence-electron chi connectivity index (χ4n) is 9.53. The Balaban J connectivity index is 1.36. The predicted octanol–water partition coefficient (Wildman–Crippen LogP) is 13.9. The van der Waals surface area contributed by atoms with Crippen LogP contribution in [0.3, 0.4) is 0 Å². The molecule has 0 radical (unpaired) electrons. The van der Waals surface area contributed by atoms with Gasteiger partial charge in [-0.3, -0.25) is 0 Å². The average molecular weight is 687 g/mol. The minimum atomic E-state index is 0.680. The molecule has 0 aromatic heterocycles. The third kappa shape index (κ3) is 4.51. The first-order valence-corrected chi connectivity index (χ1v) is 18.5. The van der Waals surface area contributed by atoms with Crippen molar-refractivity contribution in [3.05, 3.63) is 167 Å². The van der Waals surface area contributed by atoms with Gasteiger partial charge in [0.05, 0.1) is 23.3 Å². The molecule has 0 heterocycles. The maximum Gasteiger partial charge on any atom is 0.0991 e. The van der Waals surface area contributed by atoms with E-state index in [1.807, 2.05) is 24.3 Å². The maximum absolute atomic E-state index is 9.86. The van der Waals surface area contributed by atoms with Crippen LogP contribution < -0.4 is 0 Å². The molecule has 0 N–H and O–H groups in total. The second-order valence-electron chi connectivity index (χ2n) is 14.9. The highest BCUT2D eigenvalue weighted by Gasteiger charge is 2.26. The van der Waals surface area contributed by atoms with Crippen molar-refractivity contribution in [2.75, 3.05) is 0 Å². The molecule has 2 heteroatoms. The summed E-state index contributed by atoms with van der Waals surface area (Å²) >= 11 is 0. The van der Waals surface area contributed by atoms with Crippen LogP contribution in [0.1, 0.15) is 33.4 Å². The van der Waals surface area contributed by atoms with Gasteiger partial charge in [-0.1, -0.05) is 84.9 Å². The summed E-state index contributed by atoms with van der Waals surface area (Å²) in [4.78, 5) is 0. The van der Waals surface area contributed by atoms with Crippen LogP contribution in [0, 0.1) is 50.4 Å². The molecule has 0 aliphatic heterocycles. The minimum Gasteiger partial charge on any atom is -0.192 e. The van der Waals surface area contributed by atoms with Crippen LogP contribution in [0.2, 0.25) is 0 Å². The van der Waals surface area contributed by atoms with Crippen molar-refractivity contribution in [3.8, 4) is 67.8 Å². The molecule has 10 rings (SSSR count). The summed E-state index contributed by atoms with van der Waals surface area (Å²) < 4.78 is 0. The number of fused-ring (bicyclic) bond motifs is 8. The van der Waals surface area contributed by atoms with E-state index in [0.29, 0.717) is 11.1 Å². The first kappa shape index (κ1) is 31.7. The smallest absolute Gasteiger partial charge is 0.0991 e. The van der Waals surface area contributed by atoms with Crippen LogP contribution in [-0.2, 0) is 0 Å². The van der Waals surface area contributed by atoms with Gasteiger partial charge < -0.3 is 0 Å². The van der Waals surface area contributed by atoms with Crippen LogP contribution >= 0.6 is 0 Å². The average Bonchev–Trinajstić information content (AvgIpc) is 3.50. The fourth-order valence-corrected chi connectivity index (χ4v) is 9.53. The molecule has 0 saturated heterocycles. The second kappa shape index (κ2) is 11.8. The third-order valence-electron chi connectivity index (χ3n) is 11.7. The minimum absolute atomic E-state index is 0.680. The second-order valence-corrected chi connectivity index (χ2v) is 14.9. The summed E-state index contributed by atoms with van der Waals surface area (Å²) in [6.45, 7) is 8.50. The first-order chi connectivity index (χ1) is 26.3. The monoisotopic (exact) mass is 686 g/mol. The highest BCUT2D eigenvalue weighted by atomic mass is 14.3. The molecule has 9 aromatic rings. The van der Waals surface area contributed by atoms with Crippen molar-refractivity contribution in [2.45, 2.75) is 27.7 Å². The molecule has 0 saturated carbocycles. The van der Waals surface area contributed by atoms with Crippen molar-refractivity contribution < 1.29 is 0 Å². The van der Waals surface area contributed by atoms with Gasteiger partial charge in [0.15, 0.2) is 0 Å². The van der Waals surface area contributed by atoms with Gasteiger partial charge in [-0.2, -0.15) is 10.5 Å². The van der Waals surface area contributed by atoms with Gasteiger partial charge in [-0.15, -0.1) is 0 Å². The highest BCUT2D eigenvalue weighted by molar-refractivity contribution is 6.27. The van der Waals surface area contributed by atoms with Gasteiger partial charge in [0, 0.05) is 0 Å². The Kier molecular flexibility index (Phi) is 6.91. The van der Waals surface area contributed by atoms with E-state index >= 15 is 0 Å². The summed E-state index contributed by atoms with van der Waals surface area (Å²) in [6, 6.07) is 53.2. The number of benzene rings is 9. The summed E-state index contributed by atoms with van der Waals surface area (Å²) in [5.74, 6) is 0. The van der Waals surface area contributed by atoms with E-state index in [0.717, 1.165) is 22.3 Å². The third-order valence-corrected chi connectivity index (χ3v) is 11.7. The van der Waals surface area contributed by atoms with E-state index in [4.69, 9.17) is 0 Å². The molecule has 0 atom stereocenters. The lowest BCUT2D eigenvalue weighted by Crippen LogP contribution is -1.96. The van der Waals surface area contributed by atoms with E-state index < -0.39 is 0 Å². The highest BCUT2D eigenvalue weighted by Crippen LogP contribution is 2.53. The molecule has 54 heavy (non-hydrogen) atoms. The number of aryl methyl sites for hydroxylation is 4. The van der Waals surface area contributed by atoms with Crippen LogP contribution in [0.5, 0.6) is 0 Å². The Hall–Kier alpha value is -7.00. The zero-order valence-corrected chi connectivity index (χ0v) is 30.6. The molecule has 252 valence electrons. The Morgan fingerprint density at radius 3 is 1.39 bits per heavy atom. The Morgan fingerprint density at radius 2 is 0.778 bits per heavy atom. The fraction of sp³-hybridized carbons (Fsp3) is 0.0769. The maximum atomic E-state index is 9.86. The normalized spacial score (nSPS) is 11.7. The summed E-state index contributed by atoms with van der Waals surface area (Å²) in [7, 11) is 0. The molecule has 1 aliphatic carbocycles. The zero-order valence-electron chi connectivity index (χ0n) is 30.6. The predicted molar refractivity (Wildman–Crippen MR) is 226 cm³/mol. The molecule has 1 aliphatic rings. The zero-order chi connectivity index (χ0) is 36.8. The standard InChI is InChI=1S/C52H34N2/c1-29-19-33(27-53)20-30(2)50(29)48-26-46-42(37-13-8-9-14-38(37)48)25-49(51-31(3)21-34(28-54)22-32(51)4)47-24-44-41-18-17-36(35-11-6-5-7-12-35)39-15-10-16-40(52(39)41)43(44)23-45(46)47/h5-26H,1-4H3. The SMILES string of the molecule is Cc1cc(C#N)cc(C)c1-c1cc2c3cc4c(cc3c(-c3c(C)cc(C#N)cc3C)cc2c2ccccc12)-c1ccc(-c2ccccc2)c2cccc-4c12. The van der Waals surface area contributed by atoms with E-state index in [9.17, 15) is 10.5 Å². The molecule has 9 aromatic carbocycles. The van der Waals surface area contributed by atoms with Crippen molar-refractivity contribution in [1.29, 1.82) is 10.5 Å². The van der Waals surface area contributed by atoms with Crippen LogP contribution in [0.15, 0.2) is 133 Å². The Bertz CT molecular complexity index is 3160. The lowest BCUT2D eigenvalue weighted by atomic mass is 9.83. The molecule has 0 fully saturated rings. The molecule has 0 spiro atoms. The van der Waals surface area contributed by atoms with E-state index in [1.54, 1.807) is 0 Å². The molecule has 0 amide bonds. The van der Waals surface area contributed by atoms with Crippen molar-refractivity contribution in [3.63, 3.8) is 0 Å². The summed E-state index contributed by atoms with van der Waals surface area (Å²) in [5, 5.41) is 29.4. The number of rotatable bonds is 3. The largest absolute Gasteiger partial charge is 0.192 e. The van der Waals surface area contributed by atoms with Gasteiger partial charge in [0.25, 0.3) is 0 Å². The van der Waals surface area contributed by atoms with Gasteiger partial charge in [0.2, 0.25) is 0 Å². The molecular weight excluding hydrogens is 653 g/mol. The van der Waals surface area contributed by atoms with E-state index in [-0.39, 0.29) is 0 Å². The van der Waals surface area contributed by atoms with Crippen molar-refractivity contribution in [2.24, 2.45) is 0 Å². The summed E-state index contributed by atoms with van der Waals surface area (Å²) in [5.41, 5.74) is 17.9.